The van der Waals surface area contributed by atoms with E-state index >= 15 is 0 Å². The highest BCUT2D eigenvalue weighted by Gasteiger charge is 2.66. The molecule has 0 bridgehead atoms. The van der Waals surface area contributed by atoms with Gasteiger partial charge in [-0.1, -0.05) is 5.16 Å². The Hall–Kier alpha value is -1.18. The molecule has 7 nitrogen and oxygen atoms in total. The second kappa shape index (κ2) is 3.66. The van der Waals surface area contributed by atoms with Crippen LogP contribution in [-0.2, 0) is 19.0 Å². The van der Waals surface area contributed by atoms with Crippen molar-refractivity contribution in [3.8, 4) is 0 Å². The zero-order valence-electron chi connectivity index (χ0n) is 10.1. The molecule has 2 saturated heterocycles. The van der Waals surface area contributed by atoms with Crippen molar-refractivity contribution in [3.63, 3.8) is 0 Å². The van der Waals surface area contributed by atoms with Crippen LogP contribution in [0.15, 0.2) is 5.16 Å². The molecule has 0 aromatic carbocycles. The summed E-state index contributed by atoms with van der Waals surface area (Å²) in [6.45, 7) is 3.81. The highest BCUT2D eigenvalue weighted by molar-refractivity contribution is 5.99. The third kappa shape index (κ3) is 1.62. The van der Waals surface area contributed by atoms with E-state index in [1.54, 1.807) is 13.8 Å². The summed E-state index contributed by atoms with van der Waals surface area (Å²) in [6.07, 6.45) is -1.37. The van der Waals surface area contributed by atoms with E-state index in [-0.39, 0.29) is 5.92 Å². The second-order valence-electron chi connectivity index (χ2n) is 5.30. The molecular formula is C11H15NO6. The van der Waals surface area contributed by atoms with Crippen LogP contribution in [0.3, 0.4) is 0 Å². The number of fused-ring (bicyclic) bond motifs is 2. The summed E-state index contributed by atoms with van der Waals surface area (Å²) in [6, 6.07) is 0. The number of carboxylic acid groups (broad SMARTS) is 1. The SMILES string of the molecule is CC1(C)OC[C@H]2O[C@@H]3C(C(=O)O)[C@@H]3/C(=N\O)[C@@H]2O1. The highest BCUT2D eigenvalue weighted by Crippen LogP contribution is 2.50. The Morgan fingerprint density at radius 3 is 2.83 bits per heavy atom. The maximum Gasteiger partial charge on any atom is 0.309 e. The van der Waals surface area contributed by atoms with E-state index in [0.717, 1.165) is 0 Å². The Morgan fingerprint density at radius 1 is 1.50 bits per heavy atom. The van der Waals surface area contributed by atoms with Crippen LogP contribution < -0.4 is 0 Å². The lowest BCUT2D eigenvalue weighted by Gasteiger charge is -2.42. The van der Waals surface area contributed by atoms with E-state index in [9.17, 15) is 4.79 Å². The molecular weight excluding hydrogens is 242 g/mol. The van der Waals surface area contributed by atoms with Crippen molar-refractivity contribution >= 4 is 11.7 Å². The van der Waals surface area contributed by atoms with E-state index in [2.05, 4.69) is 5.16 Å². The van der Waals surface area contributed by atoms with Crippen LogP contribution >= 0.6 is 0 Å². The summed E-state index contributed by atoms with van der Waals surface area (Å²) in [5, 5.41) is 21.4. The van der Waals surface area contributed by atoms with Gasteiger partial charge in [-0.2, -0.15) is 0 Å². The summed E-state index contributed by atoms with van der Waals surface area (Å²) < 4.78 is 16.8. The van der Waals surface area contributed by atoms with Crippen LogP contribution in [-0.4, -0.2) is 52.7 Å². The number of hydrogen-bond donors (Lipinski definition) is 2. The zero-order chi connectivity index (χ0) is 13.1. The fourth-order valence-electron chi connectivity index (χ4n) is 2.76. The fraction of sp³-hybridized carbons (Fsp3) is 0.818. The number of oxime groups is 1. The molecule has 1 aliphatic carbocycles. The number of carbonyl (C=O) groups is 1. The van der Waals surface area contributed by atoms with Gasteiger partial charge in [0.1, 0.15) is 12.2 Å². The molecule has 100 valence electrons. The van der Waals surface area contributed by atoms with Gasteiger partial charge in [0.15, 0.2) is 5.79 Å². The molecule has 3 rings (SSSR count). The van der Waals surface area contributed by atoms with E-state index in [0.29, 0.717) is 12.3 Å². The predicted molar refractivity (Wildman–Crippen MR) is 57.4 cm³/mol. The number of rotatable bonds is 1. The molecule has 2 N–H and O–H groups in total. The third-order valence-corrected chi connectivity index (χ3v) is 3.66. The second-order valence-corrected chi connectivity index (χ2v) is 5.30. The first kappa shape index (κ1) is 11.9. The van der Waals surface area contributed by atoms with Gasteiger partial charge in [0.05, 0.1) is 24.3 Å². The summed E-state index contributed by atoms with van der Waals surface area (Å²) in [7, 11) is 0. The van der Waals surface area contributed by atoms with Gasteiger partial charge in [-0.3, -0.25) is 4.79 Å². The lowest BCUT2D eigenvalue weighted by atomic mass is 10.00. The largest absolute Gasteiger partial charge is 0.481 e. The number of ether oxygens (including phenoxy) is 3. The standard InChI is InChI=1S/C11H15NO6/c1-11(2)16-3-4-8(18-11)7(12-15)5-6(10(13)14)9(5)17-4/h4-6,8-9,15H,3H2,1-2H3,(H,13,14)/b12-7+/t4-,5-,6?,8-,9+/m1/s1. The monoisotopic (exact) mass is 257 g/mol. The minimum atomic E-state index is -0.940. The molecule has 0 aromatic heterocycles. The predicted octanol–water partition coefficient (Wildman–Crippen LogP) is 0.0661. The van der Waals surface area contributed by atoms with Crippen molar-refractivity contribution in [2.45, 2.75) is 37.9 Å². The van der Waals surface area contributed by atoms with E-state index in [4.69, 9.17) is 24.5 Å². The zero-order valence-corrected chi connectivity index (χ0v) is 10.1. The van der Waals surface area contributed by atoms with Gasteiger partial charge in [-0.25, -0.2) is 0 Å². The van der Waals surface area contributed by atoms with E-state index in [1.165, 1.54) is 0 Å². The maximum atomic E-state index is 11.0. The first-order chi connectivity index (χ1) is 8.44. The highest BCUT2D eigenvalue weighted by atomic mass is 16.7. The maximum absolute atomic E-state index is 11.0. The van der Waals surface area contributed by atoms with Crippen LogP contribution in [0.1, 0.15) is 13.8 Å². The minimum Gasteiger partial charge on any atom is -0.481 e. The fourth-order valence-corrected chi connectivity index (χ4v) is 2.76. The van der Waals surface area contributed by atoms with Crippen molar-refractivity contribution in [2.75, 3.05) is 6.61 Å². The Morgan fingerprint density at radius 2 is 2.22 bits per heavy atom. The summed E-state index contributed by atoms with van der Waals surface area (Å²) >= 11 is 0. The summed E-state index contributed by atoms with van der Waals surface area (Å²) in [4.78, 5) is 11.0. The van der Waals surface area contributed by atoms with E-state index in [1.807, 2.05) is 0 Å². The number of hydrogen-bond acceptors (Lipinski definition) is 6. The van der Waals surface area contributed by atoms with E-state index < -0.39 is 36.0 Å². The average Bonchev–Trinajstić information content (AvgIpc) is 2.99. The first-order valence-electron chi connectivity index (χ1n) is 5.86. The van der Waals surface area contributed by atoms with Gasteiger partial charge in [0.2, 0.25) is 0 Å². The molecule has 2 aliphatic heterocycles. The van der Waals surface area contributed by atoms with Gasteiger partial charge in [-0.15, -0.1) is 0 Å². The molecule has 0 spiro atoms. The first-order valence-corrected chi connectivity index (χ1v) is 5.86. The van der Waals surface area contributed by atoms with Gasteiger partial charge >= 0.3 is 5.97 Å². The van der Waals surface area contributed by atoms with Crippen molar-refractivity contribution < 1.29 is 29.3 Å². The number of aliphatic carboxylic acids is 1. The van der Waals surface area contributed by atoms with Crippen LogP contribution in [0, 0.1) is 11.8 Å². The number of nitrogens with zero attached hydrogens (tertiary/aromatic N) is 1. The molecule has 1 unspecified atom stereocenters. The van der Waals surface area contributed by atoms with Crippen molar-refractivity contribution in [2.24, 2.45) is 17.0 Å². The number of carboxylic acids is 1. The molecule has 5 atom stereocenters. The molecule has 0 radical (unpaired) electrons. The minimum absolute atomic E-state index is 0.298. The summed E-state index contributed by atoms with van der Waals surface area (Å²) in [5.41, 5.74) is 0.361. The van der Waals surface area contributed by atoms with Crippen LogP contribution in [0.5, 0.6) is 0 Å². The van der Waals surface area contributed by atoms with Gasteiger partial charge in [0, 0.05) is 5.92 Å². The summed E-state index contributed by atoms with van der Waals surface area (Å²) in [5.74, 6) is -2.76. The van der Waals surface area contributed by atoms with Crippen molar-refractivity contribution in [3.05, 3.63) is 0 Å². The molecule has 3 aliphatic rings. The molecule has 1 saturated carbocycles. The molecule has 0 aromatic rings. The molecule has 0 amide bonds. The van der Waals surface area contributed by atoms with Crippen LogP contribution in [0.4, 0.5) is 0 Å². The lowest BCUT2D eigenvalue weighted by Crippen LogP contribution is -2.56. The quantitative estimate of drug-likeness (QED) is 0.509. The van der Waals surface area contributed by atoms with Gasteiger partial charge in [0.25, 0.3) is 0 Å². The average molecular weight is 257 g/mol. The Bertz CT molecular complexity index is 420. The Labute approximate surface area is 103 Å². The van der Waals surface area contributed by atoms with Crippen LogP contribution in [0.2, 0.25) is 0 Å². The van der Waals surface area contributed by atoms with Crippen molar-refractivity contribution in [1.82, 2.24) is 0 Å². The third-order valence-electron chi connectivity index (χ3n) is 3.66. The van der Waals surface area contributed by atoms with Crippen LogP contribution in [0.25, 0.3) is 0 Å². The lowest BCUT2D eigenvalue weighted by molar-refractivity contribution is -0.300. The molecule has 3 fully saturated rings. The Balaban J connectivity index is 1.86. The normalized spacial score (nSPS) is 47.2. The molecule has 18 heavy (non-hydrogen) atoms. The van der Waals surface area contributed by atoms with Gasteiger partial charge in [-0.05, 0) is 13.8 Å². The molecule has 2 heterocycles. The smallest absolute Gasteiger partial charge is 0.309 e. The van der Waals surface area contributed by atoms with Gasteiger partial charge < -0.3 is 24.5 Å². The molecule has 7 heteroatoms. The van der Waals surface area contributed by atoms with Crippen molar-refractivity contribution in [1.29, 1.82) is 0 Å². The Kier molecular flexibility index (Phi) is 2.42. The topological polar surface area (TPSA) is 97.6 Å².